The molecule has 0 saturated heterocycles. The number of rotatable bonds is 3. The number of nitrogens with zero attached hydrogens (tertiary/aromatic N) is 2. The van der Waals surface area contributed by atoms with Crippen molar-refractivity contribution in [1.82, 2.24) is 10.4 Å². The van der Waals surface area contributed by atoms with Crippen LogP contribution < -0.4 is 5.43 Å². The van der Waals surface area contributed by atoms with Crippen molar-refractivity contribution in [3.8, 4) is 0 Å². The summed E-state index contributed by atoms with van der Waals surface area (Å²) in [5.41, 5.74) is 4.46. The van der Waals surface area contributed by atoms with E-state index >= 15 is 0 Å². The van der Waals surface area contributed by atoms with Crippen molar-refractivity contribution in [2.75, 3.05) is 13.1 Å². The molecule has 0 fully saturated rings. The van der Waals surface area contributed by atoms with Gasteiger partial charge in [0.15, 0.2) is 0 Å². The van der Waals surface area contributed by atoms with E-state index in [1.807, 2.05) is 23.2 Å². The van der Waals surface area contributed by atoms with Crippen LogP contribution >= 0.6 is 35.6 Å². The lowest BCUT2D eigenvalue weighted by Crippen LogP contribution is -2.38. The van der Waals surface area contributed by atoms with Crippen molar-refractivity contribution in [1.29, 1.82) is 0 Å². The van der Waals surface area contributed by atoms with E-state index in [-0.39, 0.29) is 24.0 Å². The monoisotopic (exact) mass is 337 g/mol. The van der Waals surface area contributed by atoms with Gasteiger partial charge in [-0.05, 0) is 17.2 Å². The Bertz CT molecular complexity index is 329. The van der Waals surface area contributed by atoms with Gasteiger partial charge in [-0.2, -0.15) is 0 Å². The van der Waals surface area contributed by atoms with Gasteiger partial charge in [0.05, 0.1) is 13.1 Å². The molecule has 82 valence electrons. The van der Waals surface area contributed by atoms with Gasteiger partial charge in [-0.1, -0.05) is 30.3 Å². The maximum atomic E-state index is 5.86. The second-order valence-electron chi connectivity index (χ2n) is 3.12. The molecule has 2 rings (SSSR count). The number of nitrogens with one attached hydrogen (secondary N) is 1. The van der Waals surface area contributed by atoms with Gasteiger partial charge in [-0.25, -0.2) is 5.43 Å². The van der Waals surface area contributed by atoms with Crippen molar-refractivity contribution in [2.45, 2.75) is 6.54 Å². The first kappa shape index (κ1) is 12.7. The Morgan fingerprint density at radius 1 is 1.33 bits per heavy atom. The third kappa shape index (κ3) is 3.62. The van der Waals surface area contributed by atoms with Crippen LogP contribution in [0.1, 0.15) is 5.56 Å². The molecule has 1 aromatic rings. The van der Waals surface area contributed by atoms with E-state index in [2.05, 4.69) is 22.6 Å². The summed E-state index contributed by atoms with van der Waals surface area (Å²) in [6.45, 7) is 2.42. The van der Waals surface area contributed by atoms with Gasteiger partial charge in [0, 0.05) is 6.54 Å². The van der Waals surface area contributed by atoms with Crippen LogP contribution in [0.15, 0.2) is 35.3 Å². The zero-order chi connectivity index (χ0) is 9.80. The molecule has 0 atom stereocenters. The van der Waals surface area contributed by atoms with Crippen LogP contribution in [0.2, 0.25) is 0 Å². The smallest absolute Gasteiger partial charge is 0.208 e. The molecule has 0 aliphatic carbocycles. The molecule has 3 nitrogen and oxygen atoms in total. The number of amidine groups is 1. The van der Waals surface area contributed by atoms with Gasteiger partial charge in [0.1, 0.15) is 0 Å². The van der Waals surface area contributed by atoms with Crippen LogP contribution in [-0.4, -0.2) is 23.4 Å². The van der Waals surface area contributed by atoms with E-state index in [9.17, 15) is 0 Å². The van der Waals surface area contributed by atoms with Gasteiger partial charge in [-0.3, -0.25) is 10.0 Å². The molecule has 0 aromatic heterocycles. The Balaban J connectivity index is 0.00000112. The standard InChI is InChI=1S/C10H12ClN3.HI/c11-10-12-6-7-14(10)13-8-9-4-2-1-3-5-9;/h1-5,13H,6-8H2;1H. The molecule has 1 N–H and O–H groups in total. The Labute approximate surface area is 112 Å². The summed E-state index contributed by atoms with van der Waals surface area (Å²) >= 11 is 5.86. The van der Waals surface area contributed by atoms with Gasteiger partial charge < -0.3 is 0 Å². The molecule has 1 aliphatic rings. The first-order valence-corrected chi connectivity index (χ1v) is 4.99. The van der Waals surface area contributed by atoms with Gasteiger partial charge in [0.2, 0.25) is 5.29 Å². The third-order valence-corrected chi connectivity index (χ3v) is 2.43. The zero-order valence-electron chi connectivity index (χ0n) is 8.19. The molecular weight excluding hydrogens is 324 g/mol. The maximum Gasteiger partial charge on any atom is 0.208 e. The molecule has 0 saturated carbocycles. The average molecular weight is 338 g/mol. The highest BCUT2D eigenvalue weighted by molar-refractivity contribution is 14.0. The highest BCUT2D eigenvalue weighted by Crippen LogP contribution is 2.03. The van der Waals surface area contributed by atoms with E-state index < -0.39 is 0 Å². The van der Waals surface area contributed by atoms with E-state index in [1.165, 1.54) is 5.56 Å². The second-order valence-corrected chi connectivity index (χ2v) is 3.46. The fourth-order valence-corrected chi connectivity index (χ4v) is 1.58. The Morgan fingerprint density at radius 3 is 2.67 bits per heavy atom. The van der Waals surface area contributed by atoms with Gasteiger partial charge >= 0.3 is 0 Å². The summed E-state index contributed by atoms with van der Waals surface area (Å²) in [6.07, 6.45) is 0. The lowest BCUT2D eigenvalue weighted by atomic mass is 10.2. The molecule has 15 heavy (non-hydrogen) atoms. The summed E-state index contributed by atoms with van der Waals surface area (Å²) in [4.78, 5) is 4.08. The fourth-order valence-electron chi connectivity index (χ4n) is 1.35. The Hall–Kier alpha value is -0.330. The van der Waals surface area contributed by atoms with Crippen LogP contribution in [0, 0.1) is 0 Å². The number of hydrazine groups is 1. The number of benzene rings is 1. The largest absolute Gasteiger partial charge is 0.280 e. The minimum absolute atomic E-state index is 0. The summed E-state index contributed by atoms with van der Waals surface area (Å²) < 4.78 is 0. The SMILES string of the molecule is ClC1=NCCN1NCc1ccccc1.I. The van der Waals surface area contributed by atoms with Crippen molar-refractivity contribution < 1.29 is 0 Å². The van der Waals surface area contributed by atoms with E-state index in [4.69, 9.17) is 11.6 Å². The van der Waals surface area contributed by atoms with Crippen LogP contribution in [0.3, 0.4) is 0 Å². The molecule has 5 heteroatoms. The molecule has 0 unspecified atom stereocenters. The van der Waals surface area contributed by atoms with Crippen LogP contribution in [-0.2, 0) is 6.54 Å². The molecular formula is C10H13ClIN3. The van der Waals surface area contributed by atoms with Gasteiger partial charge in [-0.15, -0.1) is 24.0 Å². The third-order valence-electron chi connectivity index (χ3n) is 2.11. The number of aliphatic imine (C=N–C) groups is 1. The highest BCUT2D eigenvalue weighted by atomic mass is 127. The van der Waals surface area contributed by atoms with E-state index in [0.29, 0.717) is 5.29 Å². The average Bonchev–Trinajstić information content (AvgIpc) is 2.63. The lowest BCUT2D eigenvalue weighted by Gasteiger charge is -2.17. The first-order chi connectivity index (χ1) is 6.86. The highest BCUT2D eigenvalue weighted by Gasteiger charge is 2.13. The molecule has 0 bridgehead atoms. The van der Waals surface area contributed by atoms with E-state index in [1.54, 1.807) is 0 Å². The number of hydrogen-bond donors (Lipinski definition) is 1. The first-order valence-electron chi connectivity index (χ1n) is 4.61. The topological polar surface area (TPSA) is 27.6 Å². The molecule has 1 heterocycles. The van der Waals surface area contributed by atoms with Crippen LogP contribution in [0.25, 0.3) is 0 Å². The number of hydrogen-bond acceptors (Lipinski definition) is 3. The summed E-state index contributed by atoms with van der Waals surface area (Å²) in [7, 11) is 0. The van der Waals surface area contributed by atoms with Crippen LogP contribution in [0.5, 0.6) is 0 Å². The molecule has 0 radical (unpaired) electrons. The second kappa shape index (κ2) is 6.30. The van der Waals surface area contributed by atoms with E-state index in [0.717, 1.165) is 19.6 Å². The molecule has 0 amide bonds. The molecule has 1 aromatic carbocycles. The number of halogens is 2. The normalized spacial score (nSPS) is 14.7. The predicted octanol–water partition coefficient (Wildman–Crippen LogP) is 2.22. The van der Waals surface area contributed by atoms with Crippen LogP contribution in [0.4, 0.5) is 0 Å². The van der Waals surface area contributed by atoms with Crippen molar-refractivity contribution in [2.24, 2.45) is 4.99 Å². The van der Waals surface area contributed by atoms with Crippen molar-refractivity contribution in [3.63, 3.8) is 0 Å². The predicted molar refractivity (Wildman–Crippen MR) is 73.6 cm³/mol. The lowest BCUT2D eigenvalue weighted by molar-refractivity contribution is 0.335. The fraction of sp³-hybridized carbons (Fsp3) is 0.300. The minimum atomic E-state index is 0. The molecule has 0 spiro atoms. The Morgan fingerprint density at radius 2 is 2.07 bits per heavy atom. The van der Waals surface area contributed by atoms with Crippen molar-refractivity contribution in [3.05, 3.63) is 35.9 Å². The summed E-state index contributed by atoms with van der Waals surface area (Å²) in [5.74, 6) is 0. The zero-order valence-corrected chi connectivity index (χ0v) is 11.3. The van der Waals surface area contributed by atoms with Crippen molar-refractivity contribution >= 4 is 40.9 Å². The summed E-state index contributed by atoms with van der Waals surface area (Å²) in [5, 5.41) is 2.43. The minimum Gasteiger partial charge on any atom is -0.280 e. The maximum absolute atomic E-state index is 5.86. The Kier molecular flexibility index (Phi) is 5.35. The molecule has 1 aliphatic heterocycles. The summed E-state index contributed by atoms with van der Waals surface area (Å²) in [6, 6.07) is 10.2. The quantitative estimate of drug-likeness (QED) is 0.676. The van der Waals surface area contributed by atoms with Gasteiger partial charge in [0.25, 0.3) is 0 Å².